The van der Waals surface area contributed by atoms with Gasteiger partial charge in [0.15, 0.2) is 6.04 Å². The Hall–Kier alpha value is -2.37. The first-order chi connectivity index (χ1) is 9.24. The van der Waals surface area contributed by atoms with Crippen LogP contribution in [0.1, 0.15) is 25.8 Å². The third kappa shape index (κ3) is 4.08. The largest absolute Gasteiger partial charge is 0.367 e. The molecule has 0 atom stereocenters. The Morgan fingerprint density at radius 3 is 2.05 bits per heavy atom. The first-order valence-corrected chi connectivity index (χ1v) is 6.17. The van der Waals surface area contributed by atoms with E-state index in [1.54, 1.807) is 0 Å². The number of nitrogens with two attached hydrogens (primary N) is 2. The molecule has 0 spiro atoms. The third-order valence-electron chi connectivity index (χ3n) is 3.03. The van der Waals surface area contributed by atoms with Crippen molar-refractivity contribution < 1.29 is 14.4 Å². The molecule has 6 nitrogen and oxygen atoms in total. The molecule has 0 aromatic heterocycles. The van der Waals surface area contributed by atoms with Gasteiger partial charge < -0.3 is 16.8 Å². The van der Waals surface area contributed by atoms with Gasteiger partial charge in [-0.1, -0.05) is 44.2 Å². The van der Waals surface area contributed by atoms with Crippen molar-refractivity contribution >= 4 is 17.7 Å². The first-order valence-electron chi connectivity index (χ1n) is 6.17. The highest BCUT2D eigenvalue weighted by Gasteiger charge is 2.28. The van der Waals surface area contributed by atoms with E-state index in [4.69, 9.17) is 11.5 Å². The highest BCUT2D eigenvalue weighted by atomic mass is 16.2. The van der Waals surface area contributed by atoms with Crippen LogP contribution in [0, 0.1) is 0 Å². The van der Waals surface area contributed by atoms with Crippen molar-refractivity contribution in [3.8, 4) is 0 Å². The molecule has 0 saturated carbocycles. The smallest absolute Gasteiger partial charge is 0.249 e. The molecular formula is C14H19N3O3. The van der Waals surface area contributed by atoms with Gasteiger partial charge in [0.05, 0.1) is 0 Å². The lowest BCUT2D eigenvalue weighted by atomic mass is 9.81. The topological polar surface area (TPSA) is 115 Å². The van der Waals surface area contributed by atoms with Gasteiger partial charge in [-0.15, -0.1) is 0 Å². The van der Waals surface area contributed by atoms with Gasteiger partial charge in [-0.25, -0.2) is 0 Å². The number of hydrogen-bond donors (Lipinski definition) is 3. The summed E-state index contributed by atoms with van der Waals surface area (Å²) in [6.07, 6.45) is 0.105. The van der Waals surface area contributed by atoms with Crippen molar-refractivity contribution in [1.82, 2.24) is 5.32 Å². The quantitative estimate of drug-likeness (QED) is 0.626. The maximum atomic E-state index is 11.9. The Kier molecular flexibility index (Phi) is 4.85. The van der Waals surface area contributed by atoms with Crippen LogP contribution >= 0.6 is 0 Å². The minimum absolute atomic E-state index is 0.105. The number of primary amides is 2. The van der Waals surface area contributed by atoms with Crippen LogP contribution in [0.3, 0.4) is 0 Å². The monoisotopic (exact) mass is 277 g/mol. The van der Waals surface area contributed by atoms with Crippen LogP contribution in [-0.4, -0.2) is 23.8 Å². The third-order valence-corrected chi connectivity index (χ3v) is 3.03. The van der Waals surface area contributed by atoms with Gasteiger partial charge in [0.25, 0.3) is 0 Å². The minimum Gasteiger partial charge on any atom is -0.367 e. The van der Waals surface area contributed by atoms with Crippen LogP contribution in [0.25, 0.3) is 0 Å². The van der Waals surface area contributed by atoms with E-state index in [2.05, 4.69) is 5.32 Å². The molecule has 0 radical (unpaired) electrons. The zero-order valence-corrected chi connectivity index (χ0v) is 11.6. The predicted octanol–water partition coefficient (Wildman–Crippen LogP) is -0.190. The zero-order chi connectivity index (χ0) is 15.3. The summed E-state index contributed by atoms with van der Waals surface area (Å²) in [5.74, 6) is -2.40. The molecule has 6 heteroatoms. The van der Waals surface area contributed by atoms with Gasteiger partial charge in [-0.3, -0.25) is 14.4 Å². The predicted molar refractivity (Wildman–Crippen MR) is 74.4 cm³/mol. The Balaban J connectivity index is 2.75. The van der Waals surface area contributed by atoms with Gasteiger partial charge in [0.2, 0.25) is 17.7 Å². The molecule has 108 valence electrons. The van der Waals surface area contributed by atoms with E-state index in [0.29, 0.717) is 0 Å². The molecule has 0 aliphatic carbocycles. The highest BCUT2D eigenvalue weighted by molar-refractivity contribution is 6.05. The van der Waals surface area contributed by atoms with E-state index in [1.165, 1.54) is 0 Å². The van der Waals surface area contributed by atoms with E-state index in [0.717, 1.165) is 5.56 Å². The maximum Gasteiger partial charge on any atom is 0.249 e. The van der Waals surface area contributed by atoms with Gasteiger partial charge in [0, 0.05) is 6.42 Å². The number of carbonyl (C=O) groups excluding carboxylic acids is 3. The van der Waals surface area contributed by atoms with E-state index < -0.39 is 29.2 Å². The van der Waals surface area contributed by atoms with Crippen molar-refractivity contribution in [3.05, 3.63) is 35.9 Å². The lowest BCUT2D eigenvalue weighted by Gasteiger charge is -2.25. The van der Waals surface area contributed by atoms with Crippen molar-refractivity contribution in [2.75, 3.05) is 0 Å². The van der Waals surface area contributed by atoms with Gasteiger partial charge in [-0.05, 0) is 11.0 Å². The zero-order valence-electron chi connectivity index (χ0n) is 11.6. The molecule has 1 aromatic rings. The molecule has 0 saturated heterocycles. The molecular weight excluding hydrogens is 258 g/mol. The summed E-state index contributed by atoms with van der Waals surface area (Å²) in [6.45, 7) is 3.79. The Labute approximate surface area is 117 Å². The average molecular weight is 277 g/mol. The first kappa shape index (κ1) is 15.7. The van der Waals surface area contributed by atoms with E-state index in [1.807, 2.05) is 44.2 Å². The van der Waals surface area contributed by atoms with Gasteiger partial charge >= 0.3 is 0 Å². The molecule has 0 bridgehead atoms. The fraction of sp³-hybridized carbons (Fsp3) is 0.357. The normalized spacial score (nSPS) is 11.2. The summed E-state index contributed by atoms with van der Waals surface area (Å²) >= 11 is 0. The number of nitrogens with one attached hydrogen (secondary N) is 1. The second-order valence-corrected chi connectivity index (χ2v) is 5.23. The molecule has 5 N–H and O–H groups in total. The molecule has 1 aromatic carbocycles. The Bertz CT molecular complexity index is 498. The number of carbonyl (C=O) groups is 3. The lowest BCUT2D eigenvalue weighted by molar-refractivity contribution is -0.134. The molecule has 0 aliphatic heterocycles. The van der Waals surface area contributed by atoms with Crippen LogP contribution in [0.15, 0.2) is 30.3 Å². The van der Waals surface area contributed by atoms with Crippen molar-refractivity contribution in [2.45, 2.75) is 31.7 Å². The number of hydrogen-bond acceptors (Lipinski definition) is 3. The summed E-state index contributed by atoms with van der Waals surface area (Å²) in [7, 11) is 0. The Morgan fingerprint density at radius 2 is 1.60 bits per heavy atom. The summed E-state index contributed by atoms with van der Waals surface area (Å²) in [5, 5.41) is 2.25. The molecule has 0 fully saturated rings. The van der Waals surface area contributed by atoms with Crippen molar-refractivity contribution in [1.29, 1.82) is 0 Å². The molecule has 0 aliphatic rings. The fourth-order valence-electron chi connectivity index (χ4n) is 1.89. The molecule has 3 amide bonds. The minimum atomic E-state index is -1.48. The summed E-state index contributed by atoms with van der Waals surface area (Å²) in [5.41, 5.74) is 10.6. The van der Waals surface area contributed by atoms with Gasteiger partial charge in [-0.2, -0.15) is 0 Å². The van der Waals surface area contributed by atoms with Crippen LogP contribution in [0.5, 0.6) is 0 Å². The van der Waals surface area contributed by atoms with Crippen LogP contribution in [0.2, 0.25) is 0 Å². The lowest BCUT2D eigenvalue weighted by Crippen LogP contribution is -2.53. The Morgan fingerprint density at radius 1 is 1.10 bits per heavy atom. The molecule has 20 heavy (non-hydrogen) atoms. The summed E-state index contributed by atoms with van der Waals surface area (Å²) < 4.78 is 0. The van der Waals surface area contributed by atoms with Crippen molar-refractivity contribution in [2.24, 2.45) is 11.5 Å². The second kappa shape index (κ2) is 6.18. The van der Waals surface area contributed by atoms with Crippen molar-refractivity contribution in [3.63, 3.8) is 0 Å². The van der Waals surface area contributed by atoms with Gasteiger partial charge in [0.1, 0.15) is 0 Å². The molecule has 0 heterocycles. The van der Waals surface area contributed by atoms with E-state index in [-0.39, 0.29) is 6.42 Å². The van der Waals surface area contributed by atoms with Crippen LogP contribution in [0.4, 0.5) is 0 Å². The highest BCUT2D eigenvalue weighted by Crippen LogP contribution is 2.26. The van der Waals surface area contributed by atoms with E-state index in [9.17, 15) is 14.4 Å². The second-order valence-electron chi connectivity index (χ2n) is 5.23. The SMILES string of the molecule is CC(C)(CC(=O)NC(C(N)=O)C(N)=O)c1ccccc1. The molecule has 0 unspecified atom stereocenters. The summed E-state index contributed by atoms with van der Waals surface area (Å²) in [6, 6.07) is 7.99. The number of amides is 3. The maximum absolute atomic E-state index is 11.9. The standard InChI is InChI=1S/C14H19N3O3/c1-14(2,9-6-4-3-5-7-9)8-10(18)17-11(12(15)19)13(16)20/h3-7,11H,8H2,1-2H3,(H2,15,19)(H2,16,20)(H,17,18). The molecule has 1 rings (SSSR count). The number of benzene rings is 1. The van der Waals surface area contributed by atoms with Crippen LogP contribution < -0.4 is 16.8 Å². The average Bonchev–Trinajstić information content (AvgIpc) is 2.35. The summed E-state index contributed by atoms with van der Waals surface area (Å²) in [4.78, 5) is 34.0. The fourth-order valence-corrected chi connectivity index (χ4v) is 1.89. The van der Waals surface area contributed by atoms with Crippen LogP contribution in [-0.2, 0) is 19.8 Å². The number of rotatable bonds is 6. The van der Waals surface area contributed by atoms with E-state index >= 15 is 0 Å².